The second-order valence-corrected chi connectivity index (χ2v) is 5.25. The van der Waals surface area contributed by atoms with Crippen molar-refractivity contribution in [3.05, 3.63) is 33.9 Å². The number of benzene rings is 1. The lowest BCUT2D eigenvalue weighted by molar-refractivity contribution is -0.384. The van der Waals surface area contributed by atoms with Crippen LogP contribution in [0, 0.1) is 26.9 Å². The first kappa shape index (κ1) is 15.0. The summed E-state index contributed by atoms with van der Waals surface area (Å²) < 4.78 is 5.20. The van der Waals surface area contributed by atoms with E-state index in [1.54, 1.807) is 0 Å². The van der Waals surface area contributed by atoms with E-state index in [2.05, 4.69) is 6.07 Å². The molecule has 1 aliphatic rings. The highest BCUT2D eigenvalue weighted by molar-refractivity contribution is 5.88. The van der Waals surface area contributed by atoms with Gasteiger partial charge >= 0.3 is 0 Å². The first-order chi connectivity index (χ1) is 10.0. The molecule has 21 heavy (non-hydrogen) atoms. The van der Waals surface area contributed by atoms with Crippen LogP contribution in [0.15, 0.2) is 18.2 Å². The highest BCUT2D eigenvalue weighted by atomic mass is 16.6. The summed E-state index contributed by atoms with van der Waals surface area (Å²) in [6.07, 6.45) is 2.66. The Morgan fingerprint density at radius 1 is 1.48 bits per heavy atom. The molecule has 0 spiro atoms. The number of nitro benzene ring substituents is 1. The van der Waals surface area contributed by atoms with Crippen LogP contribution in [-0.2, 0) is 11.2 Å². The Kier molecular flexibility index (Phi) is 4.22. The van der Waals surface area contributed by atoms with Crippen molar-refractivity contribution in [1.29, 1.82) is 5.26 Å². The topological polar surface area (TPSA) is 93.2 Å². The molecule has 0 radical (unpaired) electrons. The van der Waals surface area contributed by atoms with Gasteiger partial charge in [-0.2, -0.15) is 5.26 Å². The third kappa shape index (κ3) is 2.87. The molecule has 6 nitrogen and oxygen atoms in total. The van der Waals surface area contributed by atoms with Crippen LogP contribution >= 0.6 is 0 Å². The summed E-state index contributed by atoms with van der Waals surface area (Å²) in [5.74, 6) is 0.387. The van der Waals surface area contributed by atoms with Gasteiger partial charge in [0.25, 0.3) is 5.69 Å². The van der Waals surface area contributed by atoms with Gasteiger partial charge in [-0.3, -0.25) is 14.9 Å². The molecule has 0 bridgehead atoms. The molecule has 110 valence electrons. The lowest BCUT2D eigenvalue weighted by Gasteiger charge is -2.29. The molecular weight excluding hydrogens is 272 g/mol. The van der Waals surface area contributed by atoms with Crippen LogP contribution in [-0.4, -0.2) is 17.8 Å². The summed E-state index contributed by atoms with van der Waals surface area (Å²) in [5.41, 5.74) is -0.619. The van der Waals surface area contributed by atoms with E-state index >= 15 is 0 Å². The molecular formula is C15H16N2O4. The number of hydrogen-bond donors (Lipinski definition) is 0. The molecule has 1 fully saturated rings. The van der Waals surface area contributed by atoms with Crippen LogP contribution in [0.5, 0.6) is 5.75 Å². The zero-order chi connectivity index (χ0) is 15.5. The summed E-state index contributed by atoms with van der Waals surface area (Å²) in [5, 5.41) is 20.4. The Morgan fingerprint density at radius 2 is 2.24 bits per heavy atom. The van der Waals surface area contributed by atoms with Crippen molar-refractivity contribution >= 4 is 11.5 Å². The van der Waals surface area contributed by atoms with E-state index < -0.39 is 10.3 Å². The second kappa shape index (κ2) is 5.92. The number of Topliss-reactive ketones (excluding diaryl/α,β-unsaturated/α-hetero) is 1. The number of ketones is 1. The van der Waals surface area contributed by atoms with E-state index in [0.717, 1.165) is 12.8 Å². The molecule has 0 aromatic heterocycles. The summed E-state index contributed by atoms with van der Waals surface area (Å²) in [6.45, 7) is 0. The SMILES string of the molecule is COc1ccc([N+](=O)[O-])cc1CC1(C#N)CCCCC1=O. The number of non-ortho nitro benzene ring substituents is 1. The van der Waals surface area contributed by atoms with E-state index in [1.807, 2.05) is 0 Å². The summed E-state index contributed by atoms with van der Waals surface area (Å²) in [7, 11) is 1.46. The highest BCUT2D eigenvalue weighted by Crippen LogP contribution is 2.38. The van der Waals surface area contributed by atoms with Gasteiger partial charge in [-0.1, -0.05) is 6.42 Å². The van der Waals surface area contributed by atoms with Crippen molar-refractivity contribution in [1.82, 2.24) is 0 Å². The maximum atomic E-state index is 12.2. The second-order valence-electron chi connectivity index (χ2n) is 5.25. The molecule has 0 amide bonds. The molecule has 0 heterocycles. The average Bonchev–Trinajstić information content (AvgIpc) is 2.49. The Morgan fingerprint density at radius 3 is 2.81 bits per heavy atom. The number of nitro groups is 1. The van der Waals surface area contributed by atoms with Crippen molar-refractivity contribution < 1.29 is 14.5 Å². The fourth-order valence-electron chi connectivity index (χ4n) is 2.78. The van der Waals surface area contributed by atoms with E-state index in [4.69, 9.17) is 4.74 Å². The average molecular weight is 288 g/mol. The fourth-order valence-corrected chi connectivity index (χ4v) is 2.78. The van der Waals surface area contributed by atoms with Gasteiger partial charge in [0.05, 0.1) is 18.1 Å². The van der Waals surface area contributed by atoms with Crippen LogP contribution in [0.3, 0.4) is 0 Å². The number of methoxy groups -OCH3 is 1. The van der Waals surface area contributed by atoms with Crippen molar-refractivity contribution in [2.45, 2.75) is 32.1 Å². The van der Waals surface area contributed by atoms with Gasteiger partial charge in [0.1, 0.15) is 11.2 Å². The maximum Gasteiger partial charge on any atom is 0.269 e. The number of rotatable bonds is 4. The standard InChI is InChI=1S/C15H16N2O4/c1-21-13-6-5-12(17(19)20)8-11(13)9-15(10-16)7-3-2-4-14(15)18/h5-6,8H,2-4,7,9H2,1H3. The molecule has 0 saturated heterocycles. The highest BCUT2D eigenvalue weighted by Gasteiger charge is 2.41. The smallest absolute Gasteiger partial charge is 0.269 e. The van der Waals surface area contributed by atoms with Gasteiger partial charge in [0.15, 0.2) is 5.78 Å². The quantitative estimate of drug-likeness (QED) is 0.627. The molecule has 0 N–H and O–H groups in total. The molecule has 1 aliphatic carbocycles. The Labute approximate surface area is 122 Å². The predicted molar refractivity (Wildman–Crippen MR) is 74.9 cm³/mol. The van der Waals surface area contributed by atoms with Crippen LogP contribution in [0.4, 0.5) is 5.69 Å². The molecule has 2 rings (SSSR count). The maximum absolute atomic E-state index is 12.2. The van der Waals surface area contributed by atoms with E-state index in [9.17, 15) is 20.2 Å². The Bertz CT molecular complexity index is 621. The van der Waals surface area contributed by atoms with Crippen molar-refractivity contribution in [2.24, 2.45) is 5.41 Å². The first-order valence-corrected chi connectivity index (χ1v) is 6.78. The van der Waals surface area contributed by atoms with Crippen molar-refractivity contribution in [2.75, 3.05) is 7.11 Å². The predicted octanol–water partition coefficient (Wildman–Crippen LogP) is 2.80. The first-order valence-electron chi connectivity index (χ1n) is 6.78. The van der Waals surface area contributed by atoms with E-state index in [0.29, 0.717) is 24.2 Å². The fraction of sp³-hybridized carbons (Fsp3) is 0.467. The molecule has 1 aromatic rings. The molecule has 6 heteroatoms. The zero-order valence-electron chi connectivity index (χ0n) is 11.8. The number of carbonyl (C=O) groups is 1. The summed E-state index contributed by atoms with van der Waals surface area (Å²) in [6, 6.07) is 6.39. The van der Waals surface area contributed by atoms with E-state index in [1.165, 1.54) is 25.3 Å². The third-order valence-electron chi connectivity index (χ3n) is 3.97. The largest absolute Gasteiger partial charge is 0.496 e. The van der Waals surface area contributed by atoms with Crippen LogP contribution in [0.1, 0.15) is 31.2 Å². The van der Waals surface area contributed by atoms with Crippen molar-refractivity contribution in [3.8, 4) is 11.8 Å². The minimum atomic E-state index is -1.08. The Hall–Kier alpha value is -2.42. The summed E-state index contributed by atoms with van der Waals surface area (Å²) in [4.78, 5) is 22.6. The molecule has 1 saturated carbocycles. The van der Waals surface area contributed by atoms with Crippen molar-refractivity contribution in [3.63, 3.8) is 0 Å². The lowest BCUT2D eigenvalue weighted by Crippen LogP contribution is -2.35. The number of nitriles is 1. The minimum Gasteiger partial charge on any atom is -0.496 e. The van der Waals surface area contributed by atoms with Gasteiger partial charge in [0, 0.05) is 30.5 Å². The zero-order valence-corrected chi connectivity index (χ0v) is 11.8. The molecule has 1 aromatic carbocycles. The number of carbonyl (C=O) groups excluding carboxylic acids is 1. The normalized spacial score (nSPS) is 21.6. The minimum absolute atomic E-state index is 0.0675. The van der Waals surface area contributed by atoms with Gasteiger partial charge in [-0.05, 0) is 18.9 Å². The number of hydrogen-bond acceptors (Lipinski definition) is 5. The van der Waals surface area contributed by atoms with Gasteiger partial charge in [-0.15, -0.1) is 0 Å². The number of nitrogens with zero attached hydrogens (tertiary/aromatic N) is 2. The van der Waals surface area contributed by atoms with Crippen LogP contribution in [0.25, 0.3) is 0 Å². The van der Waals surface area contributed by atoms with Crippen LogP contribution < -0.4 is 4.74 Å². The number of ether oxygens (including phenoxy) is 1. The monoisotopic (exact) mass is 288 g/mol. The Balaban J connectivity index is 2.41. The van der Waals surface area contributed by atoms with Gasteiger partial charge in [-0.25, -0.2) is 0 Å². The molecule has 1 unspecified atom stereocenters. The molecule has 1 atom stereocenters. The third-order valence-corrected chi connectivity index (χ3v) is 3.97. The van der Waals surface area contributed by atoms with E-state index in [-0.39, 0.29) is 17.9 Å². The lowest BCUT2D eigenvalue weighted by atomic mass is 9.70. The summed E-state index contributed by atoms with van der Waals surface area (Å²) >= 11 is 0. The molecule has 0 aliphatic heterocycles. The van der Waals surface area contributed by atoms with Gasteiger partial charge < -0.3 is 4.74 Å². The van der Waals surface area contributed by atoms with Crippen LogP contribution in [0.2, 0.25) is 0 Å². The van der Waals surface area contributed by atoms with Gasteiger partial charge in [0.2, 0.25) is 0 Å².